The van der Waals surface area contributed by atoms with Gasteiger partial charge in [-0.25, -0.2) is 4.79 Å². The first-order valence-electron chi connectivity index (χ1n) is 7.77. The maximum atomic E-state index is 11.5. The molecule has 7 nitrogen and oxygen atoms in total. The second-order valence-corrected chi connectivity index (χ2v) is 6.65. The van der Waals surface area contributed by atoms with Crippen LogP contribution in [0.15, 0.2) is 12.1 Å². The van der Waals surface area contributed by atoms with Crippen LogP contribution in [-0.2, 0) is 4.74 Å². The topological polar surface area (TPSA) is 98.5 Å². The molecule has 0 radical (unpaired) electrons. The highest BCUT2D eigenvalue weighted by atomic mass is 16.6. The Balaban J connectivity index is 2.40. The first-order chi connectivity index (χ1) is 10.7. The van der Waals surface area contributed by atoms with Crippen LogP contribution in [-0.4, -0.2) is 36.4 Å². The maximum absolute atomic E-state index is 11.5. The zero-order valence-electron chi connectivity index (χ0n) is 14.6. The van der Waals surface area contributed by atoms with E-state index >= 15 is 0 Å². The number of hydrogen-bond donors (Lipinski definition) is 3. The smallest absolute Gasteiger partial charge is 0.407 e. The van der Waals surface area contributed by atoms with Crippen molar-refractivity contribution in [2.24, 2.45) is 5.92 Å². The number of nitrogens with two attached hydrogens (primary N) is 1. The van der Waals surface area contributed by atoms with Crippen LogP contribution in [0.4, 0.5) is 16.3 Å². The lowest BCUT2D eigenvalue weighted by Gasteiger charge is -2.19. The first-order valence-corrected chi connectivity index (χ1v) is 7.77. The zero-order chi connectivity index (χ0) is 17.5. The van der Waals surface area contributed by atoms with Gasteiger partial charge in [-0.15, -0.1) is 0 Å². The molecule has 0 saturated heterocycles. The summed E-state index contributed by atoms with van der Waals surface area (Å²) in [7, 11) is 0. The van der Waals surface area contributed by atoms with Gasteiger partial charge in [0.15, 0.2) is 0 Å². The van der Waals surface area contributed by atoms with E-state index in [1.807, 2.05) is 20.8 Å². The van der Waals surface area contributed by atoms with Gasteiger partial charge in [-0.3, -0.25) is 0 Å². The average Bonchev–Trinajstić information content (AvgIpc) is 2.41. The summed E-state index contributed by atoms with van der Waals surface area (Å²) in [6, 6.07) is 3.51. The quantitative estimate of drug-likeness (QED) is 0.667. The largest absolute Gasteiger partial charge is 0.476 e. The Labute approximate surface area is 137 Å². The molecule has 130 valence electrons. The molecule has 0 spiro atoms. The molecule has 7 heteroatoms. The van der Waals surface area contributed by atoms with E-state index in [9.17, 15) is 4.79 Å². The fourth-order valence-corrected chi connectivity index (χ4v) is 1.58. The van der Waals surface area contributed by atoms with Crippen molar-refractivity contribution >= 4 is 17.6 Å². The van der Waals surface area contributed by atoms with Crippen molar-refractivity contribution < 1.29 is 14.3 Å². The predicted molar refractivity (Wildman–Crippen MR) is 91.7 cm³/mol. The molecule has 1 amide bonds. The standard InChI is InChI=1S/C16H28N4O3/c1-11(2)10-22-14-12(17)6-7-13(20-14)18-8-9-19-15(21)23-16(3,4)5/h6-7,11H,8-10,17H2,1-5H3,(H,18,20)(H,19,21). The molecule has 0 fully saturated rings. The summed E-state index contributed by atoms with van der Waals surface area (Å²) in [5.74, 6) is 1.46. The number of nitrogen functional groups attached to an aromatic ring is 1. The van der Waals surface area contributed by atoms with Gasteiger partial charge in [0, 0.05) is 13.1 Å². The number of ether oxygens (including phenoxy) is 2. The highest BCUT2D eigenvalue weighted by molar-refractivity contribution is 5.67. The lowest BCUT2D eigenvalue weighted by atomic mass is 10.2. The number of pyridine rings is 1. The average molecular weight is 324 g/mol. The number of carbonyl (C=O) groups is 1. The van der Waals surface area contributed by atoms with Crippen molar-refractivity contribution in [2.45, 2.75) is 40.2 Å². The molecular formula is C16H28N4O3. The molecule has 0 bridgehead atoms. The van der Waals surface area contributed by atoms with Crippen LogP contribution in [0, 0.1) is 5.92 Å². The Hall–Kier alpha value is -2.18. The normalized spacial score (nSPS) is 11.2. The summed E-state index contributed by atoms with van der Waals surface area (Å²) >= 11 is 0. The summed E-state index contributed by atoms with van der Waals surface area (Å²) in [5.41, 5.74) is 5.84. The minimum atomic E-state index is -0.501. The van der Waals surface area contributed by atoms with E-state index < -0.39 is 11.7 Å². The monoisotopic (exact) mass is 324 g/mol. The molecule has 0 aliphatic rings. The van der Waals surface area contributed by atoms with E-state index in [4.69, 9.17) is 15.2 Å². The lowest BCUT2D eigenvalue weighted by molar-refractivity contribution is 0.0530. The van der Waals surface area contributed by atoms with E-state index in [2.05, 4.69) is 29.5 Å². The molecule has 1 heterocycles. The van der Waals surface area contributed by atoms with Gasteiger partial charge in [-0.05, 0) is 38.8 Å². The van der Waals surface area contributed by atoms with Gasteiger partial charge in [0.1, 0.15) is 11.4 Å². The van der Waals surface area contributed by atoms with E-state index in [-0.39, 0.29) is 0 Å². The summed E-state index contributed by atoms with van der Waals surface area (Å²) < 4.78 is 10.7. The number of aromatic nitrogens is 1. The number of anilines is 2. The molecule has 0 aromatic carbocycles. The van der Waals surface area contributed by atoms with Crippen LogP contribution in [0.5, 0.6) is 5.88 Å². The SMILES string of the molecule is CC(C)COc1nc(NCCNC(=O)OC(C)(C)C)ccc1N. The molecule has 1 aromatic rings. The zero-order valence-corrected chi connectivity index (χ0v) is 14.6. The van der Waals surface area contributed by atoms with Gasteiger partial charge in [-0.2, -0.15) is 4.98 Å². The van der Waals surface area contributed by atoms with Crippen LogP contribution in [0.25, 0.3) is 0 Å². The van der Waals surface area contributed by atoms with Crippen molar-refractivity contribution in [3.63, 3.8) is 0 Å². The molecule has 0 aliphatic heterocycles. The minimum absolute atomic E-state index is 0.394. The third-order valence-corrected chi connectivity index (χ3v) is 2.54. The van der Waals surface area contributed by atoms with Crippen LogP contribution in [0.3, 0.4) is 0 Å². The maximum Gasteiger partial charge on any atom is 0.407 e. The molecule has 0 unspecified atom stereocenters. The van der Waals surface area contributed by atoms with Crippen molar-refractivity contribution in [3.05, 3.63) is 12.1 Å². The number of carbonyl (C=O) groups excluding carboxylic acids is 1. The lowest BCUT2D eigenvalue weighted by Crippen LogP contribution is -2.35. The van der Waals surface area contributed by atoms with Gasteiger partial charge in [0.2, 0.25) is 5.88 Å². The third-order valence-electron chi connectivity index (χ3n) is 2.54. The van der Waals surface area contributed by atoms with Crippen LogP contribution in [0.1, 0.15) is 34.6 Å². The van der Waals surface area contributed by atoms with E-state index in [1.165, 1.54) is 0 Å². The first kappa shape index (κ1) is 18.9. The number of hydrogen-bond acceptors (Lipinski definition) is 6. The Kier molecular flexibility index (Phi) is 6.93. The van der Waals surface area contributed by atoms with Crippen LogP contribution in [0.2, 0.25) is 0 Å². The second kappa shape index (κ2) is 8.45. The number of alkyl carbamates (subject to hydrolysis) is 1. The van der Waals surface area contributed by atoms with Crippen molar-refractivity contribution in [1.29, 1.82) is 0 Å². The van der Waals surface area contributed by atoms with Crippen LogP contribution >= 0.6 is 0 Å². The molecule has 0 aliphatic carbocycles. The van der Waals surface area contributed by atoms with E-state index in [1.54, 1.807) is 12.1 Å². The van der Waals surface area contributed by atoms with E-state index in [0.29, 0.717) is 43.0 Å². The molecule has 4 N–H and O–H groups in total. The number of nitrogens with zero attached hydrogens (tertiary/aromatic N) is 1. The predicted octanol–water partition coefficient (Wildman–Crippen LogP) is 2.64. The fourth-order valence-electron chi connectivity index (χ4n) is 1.58. The van der Waals surface area contributed by atoms with Gasteiger partial charge in [0.05, 0.1) is 12.3 Å². The van der Waals surface area contributed by atoms with Gasteiger partial charge in [-0.1, -0.05) is 13.8 Å². The fraction of sp³-hybridized carbons (Fsp3) is 0.625. The van der Waals surface area contributed by atoms with Crippen molar-refractivity contribution in [3.8, 4) is 5.88 Å². The second-order valence-electron chi connectivity index (χ2n) is 6.65. The number of nitrogens with one attached hydrogen (secondary N) is 2. The Morgan fingerprint density at radius 3 is 2.61 bits per heavy atom. The molecule has 0 saturated carbocycles. The summed E-state index contributed by atoms with van der Waals surface area (Å²) in [6.07, 6.45) is -0.439. The molecular weight excluding hydrogens is 296 g/mol. The molecule has 0 atom stereocenters. The Bertz CT molecular complexity index is 513. The third kappa shape index (κ3) is 8.13. The minimum Gasteiger partial charge on any atom is -0.476 e. The number of amides is 1. The van der Waals surface area contributed by atoms with Gasteiger partial charge in [0.25, 0.3) is 0 Å². The van der Waals surface area contributed by atoms with Gasteiger partial charge < -0.3 is 25.8 Å². The van der Waals surface area contributed by atoms with E-state index in [0.717, 1.165) is 0 Å². The Morgan fingerprint density at radius 1 is 1.30 bits per heavy atom. The summed E-state index contributed by atoms with van der Waals surface area (Å²) in [4.78, 5) is 15.8. The molecule has 1 rings (SSSR count). The molecule has 23 heavy (non-hydrogen) atoms. The highest BCUT2D eigenvalue weighted by Gasteiger charge is 2.15. The van der Waals surface area contributed by atoms with Crippen molar-refractivity contribution in [1.82, 2.24) is 10.3 Å². The Morgan fingerprint density at radius 2 is 2.00 bits per heavy atom. The van der Waals surface area contributed by atoms with Crippen LogP contribution < -0.4 is 21.1 Å². The highest BCUT2D eigenvalue weighted by Crippen LogP contribution is 2.21. The number of rotatable bonds is 7. The molecule has 1 aromatic heterocycles. The van der Waals surface area contributed by atoms with Crippen molar-refractivity contribution in [2.75, 3.05) is 30.7 Å². The summed E-state index contributed by atoms with van der Waals surface area (Å²) in [6.45, 7) is 11.1. The summed E-state index contributed by atoms with van der Waals surface area (Å²) in [5, 5.41) is 5.77. The van der Waals surface area contributed by atoms with Gasteiger partial charge >= 0.3 is 6.09 Å².